The molecule has 0 aliphatic carbocycles. The number of nitrogens with zero attached hydrogens (tertiary/aromatic N) is 4. The van der Waals surface area contributed by atoms with Gasteiger partial charge in [0.25, 0.3) is 5.91 Å². The van der Waals surface area contributed by atoms with Crippen molar-refractivity contribution >= 4 is 11.9 Å². The van der Waals surface area contributed by atoms with Gasteiger partial charge in [-0.05, 0) is 51.6 Å². The summed E-state index contributed by atoms with van der Waals surface area (Å²) in [6.07, 6.45) is 4.28. The number of carbonyl (C=O) groups is 1. The molecule has 154 valence electrons. The molecule has 3 rings (SSSR count). The van der Waals surface area contributed by atoms with E-state index in [0.717, 1.165) is 64.0 Å². The lowest BCUT2D eigenvalue weighted by atomic mass is 9.98. The maximum absolute atomic E-state index is 12.5. The van der Waals surface area contributed by atoms with Gasteiger partial charge in [0.2, 0.25) is 0 Å². The van der Waals surface area contributed by atoms with Crippen molar-refractivity contribution in [1.82, 2.24) is 20.0 Å². The first kappa shape index (κ1) is 20.4. The number of amides is 1. The van der Waals surface area contributed by atoms with Crippen LogP contribution in [-0.2, 0) is 9.53 Å². The molecular weight excluding hydrogens is 342 g/mol. The Morgan fingerprint density at radius 3 is 2.37 bits per heavy atom. The molecule has 0 bridgehead atoms. The number of carbonyl (C=O) groups excluding carboxylic acids is 1. The molecule has 1 N–H and O–H groups in total. The second-order valence-electron chi connectivity index (χ2n) is 8.31. The molecule has 3 aliphatic heterocycles. The van der Waals surface area contributed by atoms with E-state index in [1.807, 2.05) is 11.9 Å². The van der Waals surface area contributed by atoms with Crippen LogP contribution in [0.3, 0.4) is 0 Å². The van der Waals surface area contributed by atoms with Crippen LogP contribution in [0.5, 0.6) is 0 Å². The van der Waals surface area contributed by atoms with Crippen LogP contribution in [0.25, 0.3) is 0 Å². The van der Waals surface area contributed by atoms with Gasteiger partial charge >= 0.3 is 0 Å². The molecule has 0 aromatic heterocycles. The molecule has 3 saturated heterocycles. The first-order valence-electron chi connectivity index (χ1n) is 10.7. The SMILES string of the molecule is CN=C(NCC(C)N1CCC(C)CC1)N1CCN(C(=O)C2CCCO2)CC1. The minimum absolute atomic E-state index is 0.169. The zero-order valence-corrected chi connectivity index (χ0v) is 17.3. The Kier molecular flexibility index (Phi) is 7.35. The fourth-order valence-electron chi connectivity index (χ4n) is 4.28. The Morgan fingerprint density at radius 1 is 1.11 bits per heavy atom. The summed E-state index contributed by atoms with van der Waals surface area (Å²) in [6.45, 7) is 11.8. The summed E-state index contributed by atoms with van der Waals surface area (Å²) in [5, 5.41) is 3.55. The van der Waals surface area contributed by atoms with Crippen LogP contribution < -0.4 is 5.32 Å². The molecule has 0 aromatic rings. The maximum atomic E-state index is 12.5. The first-order valence-corrected chi connectivity index (χ1v) is 10.7. The highest BCUT2D eigenvalue weighted by Crippen LogP contribution is 2.18. The van der Waals surface area contributed by atoms with Crippen LogP contribution >= 0.6 is 0 Å². The van der Waals surface area contributed by atoms with E-state index in [2.05, 4.69) is 34.0 Å². The highest BCUT2D eigenvalue weighted by atomic mass is 16.5. The fourth-order valence-corrected chi connectivity index (χ4v) is 4.28. The molecule has 7 heteroatoms. The van der Waals surface area contributed by atoms with Gasteiger partial charge in [-0.15, -0.1) is 0 Å². The highest BCUT2D eigenvalue weighted by molar-refractivity contribution is 5.82. The van der Waals surface area contributed by atoms with Gasteiger partial charge in [0.15, 0.2) is 5.96 Å². The third kappa shape index (κ3) is 5.35. The van der Waals surface area contributed by atoms with Gasteiger partial charge in [-0.2, -0.15) is 0 Å². The molecule has 2 atom stereocenters. The lowest BCUT2D eigenvalue weighted by Gasteiger charge is -2.38. The van der Waals surface area contributed by atoms with Crippen molar-refractivity contribution in [3.05, 3.63) is 0 Å². The van der Waals surface area contributed by atoms with E-state index in [0.29, 0.717) is 6.04 Å². The normalized spacial score (nSPS) is 27.1. The van der Waals surface area contributed by atoms with Crippen LogP contribution in [0.4, 0.5) is 0 Å². The average Bonchev–Trinajstić information content (AvgIpc) is 3.23. The highest BCUT2D eigenvalue weighted by Gasteiger charge is 2.31. The summed E-state index contributed by atoms with van der Waals surface area (Å²) in [5.41, 5.74) is 0. The second-order valence-corrected chi connectivity index (χ2v) is 8.31. The van der Waals surface area contributed by atoms with Crippen LogP contribution in [0.15, 0.2) is 4.99 Å². The largest absolute Gasteiger partial charge is 0.368 e. The van der Waals surface area contributed by atoms with Crippen molar-refractivity contribution in [2.24, 2.45) is 10.9 Å². The quantitative estimate of drug-likeness (QED) is 0.583. The number of nitrogens with one attached hydrogen (secondary N) is 1. The second kappa shape index (κ2) is 9.73. The molecule has 0 spiro atoms. The number of rotatable bonds is 4. The third-order valence-electron chi connectivity index (χ3n) is 6.30. The van der Waals surface area contributed by atoms with Crippen molar-refractivity contribution in [3.63, 3.8) is 0 Å². The van der Waals surface area contributed by atoms with Gasteiger partial charge < -0.3 is 19.9 Å². The number of aliphatic imine (C=N–C) groups is 1. The molecular formula is C20H37N5O2. The standard InChI is InChI=1S/C20H37N5O2/c1-16-6-8-23(9-7-16)17(2)15-22-20(21-3)25-12-10-24(11-13-25)19(26)18-5-4-14-27-18/h16-18H,4-15H2,1-3H3,(H,21,22). The van der Waals surface area contributed by atoms with Gasteiger partial charge in [-0.3, -0.25) is 14.7 Å². The minimum atomic E-state index is -0.206. The summed E-state index contributed by atoms with van der Waals surface area (Å²) >= 11 is 0. The monoisotopic (exact) mass is 379 g/mol. The molecule has 27 heavy (non-hydrogen) atoms. The summed E-state index contributed by atoms with van der Waals surface area (Å²) in [6, 6.07) is 0.511. The van der Waals surface area contributed by atoms with Gasteiger partial charge in [-0.1, -0.05) is 6.92 Å². The molecule has 0 radical (unpaired) electrons. The number of piperidine rings is 1. The van der Waals surface area contributed by atoms with E-state index in [-0.39, 0.29) is 12.0 Å². The van der Waals surface area contributed by atoms with Crippen molar-refractivity contribution in [2.45, 2.75) is 51.7 Å². The number of likely N-dealkylation sites (tertiary alicyclic amines) is 1. The lowest BCUT2D eigenvalue weighted by molar-refractivity contribution is -0.142. The molecule has 7 nitrogen and oxygen atoms in total. The first-order chi connectivity index (χ1) is 13.1. The van der Waals surface area contributed by atoms with E-state index in [4.69, 9.17) is 4.74 Å². The van der Waals surface area contributed by atoms with E-state index in [9.17, 15) is 4.79 Å². The Bertz CT molecular complexity index is 505. The van der Waals surface area contributed by atoms with E-state index in [1.54, 1.807) is 0 Å². The maximum Gasteiger partial charge on any atom is 0.251 e. The Balaban J connectivity index is 1.41. The van der Waals surface area contributed by atoms with Gasteiger partial charge in [0, 0.05) is 52.4 Å². The van der Waals surface area contributed by atoms with Crippen LogP contribution in [0, 0.1) is 5.92 Å². The zero-order chi connectivity index (χ0) is 19.2. The number of ether oxygens (including phenoxy) is 1. The van der Waals surface area contributed by atoms with Crippen LogP contribution in [0.1, 0.15) is 39.5 Å². The summed E-state index contributed by atoms with van der Waals surface area (Å²) < 4.78 is 5.55. The predicted octanol–water partition coefficient (Wildman–Crippen LogP) is 1.01. The molecule has 1 amide bonds. The van der Waals surface area contributed by atoms with Gasteiger partial charge in [0.05, 0.1) is 0 Å². The molecule has 3 aliphatic rings. The topological polar surface area (TPSA) is 60.4 Å². The van der Waals surface area contributed by atoms with Crippen molar-refractivity contribution < 1.29 is 9.53 Å². The van der Waals surface area contributed by atoms with Crippen molar-refractivity contribution in [3.8, 4) is 0 Å². The molecule has 3 heterocycles. The summed E-state index contributed by atoms with van der Waals surface area (Å²) in [4.78, 5) is 23.8. The van der Waals surface area contributed by atoms with E-state index >= 15 is 0 Å². The Morgan fingerprint density at radius 2 is 1.78 bits per heavy atom. The summed E-state index contributed by atoms with van der Waals surface area (Å²) in [7, 11) is 1.85. The van der Waals surface area contributed by atoms with Crippen LogP contribution in [-0.4, -0.2) is 98.2 Å². The predicted molar refractivity (Wildman–Crippen MR) is 108 cm³/mol. The zero-order valence-electron chi connectivity index (χ0n) is 17.3. The Hall–Kier alpha value is -1.34. The molecule has 3 fully saturated rings. The van der Waals surface area contributed by atoms with Crippen molar-refractivity contribution in [2.75, 3.05) is 59.5 Å². The minimum Gasteiger partial charge on any atom is -0.368 e. The van der Waals surface area contributed by atoms with Gasteiger partial charge in [0.1, 0.15) is 6.10 Å². The molecule has 0 saturated carbocycles. The number of piperazine rings is 1. The molecule has 0 aromatic carbocycles. The Labute approximate surface area is 164 Å². The number of hydrogen-bond donors (Lipinski definition) is 1. The van der Waals surface area contributed by atoms with E-state index < -0.39 is 0 Å². The smallest absolute Gasteiger partial charge is 0.251 e. The fraction of sp³-hybridized carbons (Fsp3) is 0.900. The average molecular weight is 380 g/mol. The van der Waals surface area contributed by atoms with Crippen molar-refractivity contribution in [1.29, 1.82) is 0 Å². The number of guanidine groups is 1. The third-order valence-corrected chi connectivity index (χ3v) is 6.30. The number of hydrogen-bond acceptors (Lipinski definition) is 4. The van der Waals surface area contributed by atoms with E-state index in [1.165, 1.54) is 25.9 Å². The van der Waals surface area contributed by atoms with Crippen LogP contribution in [0.2, 0.25) is 0 Å². The molecule has 2 unspecified atom stereocenters. The lowest BCUT2D eigenvalue weighted by Crippen LogP contribution is -2.56. The summed E-state index contributed by atoms with van der Waals surface area (Å²) in [5.74, 6) is 1.99. The van der Waals surface area contributed by atoms with Gasteiger partial charge in [-0.25, -0.2) is 0 Å².